The number of rotatable bonds is 6. The Kier molecular flexibility index (Phi) is 6.23. The van der Waals surface area contributed by atoms with Crippen LogP contribution in [0.5, 0.6) is 5.75 Å². The maximum Gasteiger partial charge on any atom is 0.475 e. The summed E-state index contributed by atoms with van der Waals surface area (Å²) in [6.45, 7) is -0.738. The molecule has 0 radical (unpaired) electrons. The van der Waals surface area contributed by atoms with E-state index in [1.54, 1.807) is 0 Å². The van der Waals surface area contributed by atoms with Crippen molar-refractivity contribution in [2.24, 2.45) is 0 Å². The fourth-order valence-electron chi connectivity index (χ4n) is 2.56. The number of nitrogens with two attached hydrogens (primary N) is 1. The van der Waals surface area contributed by atoms with Gasteiger partial charge in [0, 0.05) is 11.1 Å². The summed E-state index contributed by atoms with van der Waals surface area (Å²) in [5.41, 5.74) is -4.75. The standard InChI is InChI=1S/C18H16F6N2O2/c1-28-14-10-6-5-9-13(14)11-25-16(17(19,20)21,18(22,23)24)26-15(27)12-7-3-2-4-8-12/h2-10,25H,11H2,1H3,(H,26,27)/p+1. The zero-order chi connectivity index (χ0) is 21.0. The Labute approximate surface area is 156 Å². The Hall–Kier alpha value is -2.75. The van der Waals surface area contributed by atoms with E-state index in [2.05, 4.69) is 0 Å². The highest BCUT2D eigenvalue weighted by Gasteiger charge is 2.76. The van der Waals surface area contributed by atoms with Gasteiger partial charge >= 0.3 is 18.0 Å². The lowest BCUT2D eigenvalue weighted by atomic mass is 10.1. The van der Waals surface area contributed by atoms with Gasteiger partial charge in [0.2, 0.25) is 0 Å². The van der Waals surface area contributed by atoms with Crippen molar-refractivity contribution in [1.29, 1.82) is 0 Å². The Morgan fingerprint density at radius 1 is 0.929 bits per heavy atom. The highest BCUT2D eigenvalue weighted by Crippen LogP contribution is 2.39. The summed E-state index contributed by atoms with van der Waals surface area (Å²) in [6.07, 6.45) is -11.6. The molecule has 0 atom stereocenters. The molecule has 152 valence electrons. The minimum absolute atomic E-state index is 0.00565. The van der Waals surface area contributed by atoms with E-state index < -0.39 is 30.5 Å². The van der Waals surface area contributed by atoms with E-state index in [1.165, 1.54) is 49.6 Å². The van der Waals surface area contributed by atoms with E-state index in [1.807, 2.05) is 0 Å². The number of ether oxygens (including phenoxy) is 1. The number of hydrogen-bond acceptors (Lipinski definition) is 2. The predicted octanol–water partition coefficient (Wildman–Crippen LogP) is 3.01. The molecule has 2 aromatic carbocycles. The van der Waals surface area contributed by atoms with Crippen molar-refractivity contribution in [3.63, 3.8) is 0 Å². The van der Waals surface area contributed by atoms with Crippen LogP contribution in [0.4, 0.5) is 26.3 Å². The molecule has 0 aliphatic carbocycles. The average molecular weight is 407 g/mol. The Morgan fingerprint density at radius 2 is 1.46 bits per heavy atom. The molecule has 1 amide bonds. The molecule has 0 heterocycles. The SMILES string of the molecule is COc1ccccc1C[NH2+]C(NC(=O)c1ccccc1)(C(F)(F)F)C(F)(F)F. The number of para-hydroxylation sites is 1. The van der Waals surface area contributed by atoms with E-state index in [0.29, 0.717) is 0 Å². The third kappa shape index (κ3) is 4.38. The van der Waals surface area contributed by atoms with Gasteiger partial charge in [0.25, 0.3) is 5.91 Å². The molecule has 0 bridgehead atoms. The van der Waals surface area contributed by atoms with Gasteiger partial charge in [-0.3, -0.25) is 10.1 Å². The Morgan fingerprint density at radius 3 is 2.00 bits per heavy atom. The van der Waals surface area contributed by atoms with Gasteiger partial charge in [0.1, 0.15) is 12.3 Å². The molecular formula is C18H17F6N2O2+. The van der Waals surface area contributed by atoms with Gasteiger partial charge in [-0.05, 0) is 24.3 Å². The van der Waals surface area contributed by atoms with E-state index in [-0.39, 0.29) is 22.2 Å². The van der Waals surface area contributed by atoms with Gasteiger partial charge in [-0.15, -0.1) is 0 Å². The number of nitrogens with one attached hydrogen (secondary N) is 1. The minimum atomic E-state index is -5.82. The second-order valence-electron chi connectivity index (χ2n) is 5.84. The molecule has 0 aromatic heterocycles. The summed E-state index contributed by atoms with van der Waals surface area (Å²) in [6, 6.07) is 12.1. The predicted molar refractivity (Wildman–Crippen MR) is 87.4 cm³/mol. The molecule has 0 aliphatic heterocycles. The first-order valence-corrected chi connectivity index (χ1v) is 7.99. The number of amides is 1. The van der Waals surface area contributed by atoms with Gasteiger partial charge in [0.05, 0.1) is 7.11 Å². The van der Waals surface area contributed by atoms with Gasteiger partial charge in [0.15, 0.2) is 0 Å². The smallest absolute Gasteiger partial charge is 0.475 e. The van der Waals surface area contributed by atoms with Crippen LogP contribution in [0.1, 0.15) is 15.9 Å². The second-order valence-corrected chi connectivity index (χ2v) is 5.84. The van der Waals surface area contributed by atoms with E-state index in [0.717, 1.165) is 17.4 Å². The molecular weight excluding hydrogens is 390 g/mol. The van der Waals surface area contributed by atoms with Crippen LogP contribution in [-0.2, 0) is 6.54 Å². The van der Waals surface area contributed by atoms with Gasteiger partial charge in [-0.1, -0.05) is 30.3 Å². The minimum Gasteiger partial charge on any atom is -0.496 e. The van der Waals surface area contributed by atoms with Crippen molar-refractivity contribution in [2.75, 3.05) is 7.11 Å². The van der Waals surface area contributed by atoms with Crippen LogP contribution >= 0.6 is 0 Å². The third-order valence-electron chi connectivity index (χ3n) is 4.06. The molecule has 0 spiro atoms. The lowest BCUT2D eigenvalue weighted by Crippen LogP contribution is -3.07. The van der Waals surface area contributed by atoms with Crippen molar-refractivity contribution in [3.8, 4) is 5.75 Å². The molecule has 0 aliphatic rings. The molecule has 0 saturated carbocycles. The molecule has 10 heteroatoms. The first kappa shape index (κ1) is 21.5. The molecule has 0 unspecified atom stereocenters. The summed E-state index contributed by atoms with van der Waals surface area (Å²) in [4.78, 5) is 12.1. The molecule has 2 rings (SSSR count). The monoisotopic (exact) mass is 407 g/mol. The molecule has 4 nitrogen and oxygen atoms in total. The summed E-state index contributed by atoms with van der Waals surface area (Å²) in [7, 11) is 1.25. The largest absolute Gasteiger partial charge is 0.496 e. The molecule has 2 aromatic rings. The van der Waals surface area contributed by atoms with Gasteiger partial charge in [-0.25, -0.2) is 0 Å². The van der Waals surface area contributed by atoms with Crippen molar-refractivity contribution in [3.05, 3.63) is 65.7 Å². The lowest BCUT2D eigenvalue weighted by Gasteiger charge is -2.35. The molecule has 0 fully saturated rings. The van der Waals surface area contributed by atoms with Crippen molar-refractivity contribution in [2.45, 2.75) is 24.6 Å². The fourth-order valence-corrected chi connectivity index (χ4v) is 2.56. The van der Waals surface area contributed by atoms with Crippen LogP contribution in [0.25, 0.3) is 0 Å². The number of carbonyl (C=O) groups is 1. The number of halogens is 6. The zero-order valence-electron chi connectivity index (χ0n) is 14.6. The van der Waals surface area contributed by atoms with E-state index in [9.17, 15) is 31.1 Å². The zero-order valence-corrected chi connectivity index (χ0v) is 14.6. The second kappa shape index (κ2) is 8.09. The molecule has 3 N–H and O–H groups in total. The average Bonchev–Trinajstić information content (AvgIpc) is 2.63. The number of alkyl halides is 6. The highest BCUT2D eigenvalue weighted by molar-refractivity contribution is 5.94. The van der Waals surface area contributed by atoms with E-state index in [4.69, 9.17) is 4.74 Å². The summed E-state index contributed by atoms with van der Waals surface area (Å²) >= 11 is 0. The quantitative estimate of drug-likeness (QED) is 0.572. The van der Waals surface area contributed by atoms with Crippen LogP contribution in [0.2, 0.25) is 0 Å². The van der Waals surface area contributed by atoms with Gasteiger partial charge in [-0.2, -0.15) is 26.3 Å². The molecule has 0 saturated heterocycles. The summed E-state index contributed by atoms with van der Waals surface area (Å²) < 4.78 is 86.8. The lowest BCUT2D eigenvalue weighted by molar-refractivity contribution is -0.796. The van der Waals surface area contributed by atoms with Crippen molar-refractivity contribution in [1.82, 2.24) is 5.32 Å². The number of quaternary nitrogens is 1. The van der Waals surface area contributed by atoms with Crippen LogP contribution in [0.15, 0.2) is 54.6 Å². The third-order valence-corrected chi connectivity index (χ3v) is 4.06. The van der Waals surface area contributed by atoms with Crippen molar-refractivity contribution < 1.29 is 41.2 Å². The first-order valence-electron chi connectivity index (χ1n) is 7.99. The van der Waals surface area contributed by atoms with E-state index >= 15 is 0 Å². The first-order chi connectivity index (χ1) is 13.0. The van der Waals surface area contributed by atoms with Crippen LogP contribution in [0.3, 0.4) is 0 Å². The number of methoxy groups -OCH3 is 1. The number of hydrogen-bond donors (Lipinski definition) is 2. The normalized spacial score (nSPS) is 12.5. The molecule has 28 heavy (non-hydrogen) atoms. The topological polar surface area (TPSA) is 54.9 Å². The van der Waals surface area contributed by atoms with Gasteiger partial charge < -0.3 is 10.1 Å². The Balaban J connectivity index is 2.42. The van der Waals surface area contributed by atoms with Crippen LogP contribution in [0, 0.1) is 0 Å². The number of carbonyl (C=O) groups excluding carboxylic acids is 1. The maximum absolute atomic E-state index is 13.6. The number of benzene rings is 2. The maximum atomic E-state index is 13.6. The Bertz CT molecular complexity index is 792. The highest BCUT2D eigenvalue weighted by atomic mass is 19.4. The fraction of sp³-hybridized carbons (Fsp3) is 0.278. The van der Waals surface area contributed by atoms with Crippen molar-refractivity contribution >= 4 is 5.91 Å². The van der Waals surface area contributed by atoms with Crippen LogP contribution < -0.4 is 15.4 Å². The van der Waals surface area contributed by atoms with Crippen LogP contribution in [-0.4, -0.2) is 31.0 Å². The summed E-state index contributed by atoms with van der Waals surface area (Å²) in [5.74, 6) is -1.36. The summed E-state index contributed by atoms with van der Waals surface area (Å²) in [5, 5.41) is 1.15.